The van der Waals surface area contributed by atoms with E-state index in [1.807, 2.05) is 33.0 Å². The molecule has 0 bridgehead atoms. The zero-order valence-electron chi connectivity index (χ0n) is 14.9. The number of hydrogen-bond acceptors (Lipinski definition) is 5. The van der Waals surface area contributed by atoms with Crippen LogP contribution in [0.4, 0.5) is 4.79 Å². The topological polar surface area (TPSA) is 68.7 Å². The second kappa shape index (κ2) is 7.64. The van der Waals surface area contributed by atoms with Gasteiger partial charge in [0.25, 0.3) is 0 Å². The largest absolute Gasteiger partial charge is 0.466 e. The summed E-state index contributed by atoms with van der Waals surface area (Å²) in [6.45, 7) is 8.78. The number of likely N-dealkylation sites (tertiary alicyclic amines) is 1. The van der Waals surface area contributed by atoms with Gasteiger partial charge in [-0.1, -0.05) is 0 Å². The zero-order valence-corrected chi connectivity index (χ0v) is 14.9. The van der Waals surface area contributed by atoms with Crippen LogP contribution in [0.1, 0.15) is 40.5 Å². The van der Waals surface area contributed by atoms with Crippen LogP contribution in [0.5, 0.6) is 0 Å². The third kappa shape index (κ3) is 6.18. The number of carbonyl (C=O) groups is 2. The summed E-state index contributed by atoms with van der Waals surface area (Å²) >= 11 is 0. The number of nitrogens with zero attached hydrogens (tertiary/aromatic N) is 2. The fourth-order valence-corrected chi connectivity index (χ4v) is 2.40. The predicted molar refractivity (Wildman–Crippen MR) is 90.4 cm³/mol. The number of amides is 1. The molecular weight excluding hydrogens is 308 g/mol. The summed E-state index contributed by atoms with van der Waals surface area (Å²) in [5.41, 5.74) is 2.04. The van der Waals surface area contributed by atoms with E-state index in [0.29, 0.717) is 25.6 Å². The van der Waals surface area contributed by atoms with Crippen LogP contribution < -0.4 is 0 Å². The number of piperidine rings is 1. The molecule has 2 aliphatic heterocycles. The molecule has 0 spiro atoms. The molecule has 0 N–H and O–H groups in total. The standard InChI is InChI=1S/C13H23NO4.C5H3N/c1-10(15)17-9-11-5-7-14(8-6-11)12(16)18-13(2,3)4;1-2-6-5-3-4(1)5/h11H,5-9H2,1-4H3;1-3H. The monoisotopic (exact) mass is 334 g/mol. The molecule has 2 heterocycles. The van der Waals surface area contributed by atoms with Gasteiger partial charge in [-0.15, -0.1) is 0 Å². The number of fused-ring (bicyclic) bond motifs is 1. The van der Waals surface area contributed by atoms with Crippen molar-refractivity contribution in [1.82, 2.24) is 9.88 Å². The van der Waals surface area contributed by atoms with Gasteiger partial charge in [0, 0.05) is 31.8 Å². The van der Waals surface area contributed by atoms with Gasteiger partial charge < -0.3 is 14.4 Å². The predicted octanol–water partition coefficient (Wildman–Crippen LogP) is 3.26. The van der Waals surface area contributed by atoms with Crippen LogP contribution in [0.3, 0.4) is 0 Å². The summed E-state index contributed by atoms with van der Waals surface area (Å²) in [6.07, 6.45) is 3.28. The maximum Gasteiger partial charge on any atom is 0.410 e. The summed E-state index contributed by atoms with van der Waals surface area (Å²) in [5.74, 6) is 0.108. The van der Waals surface area contributed by atoms with Gasteiger partial charge in [-0.25, -0.2) is 4.79 Å². The third-order valence-electron chi connectivity index (χ3n) is 3.76. The first kappa shape index (κ1) is 18.2. The summed E-state index contributed by atoms with van der Waals surface area (Å²) in [5, 5.41) is 0. The van der Waals surface area contributed by atoms with Crippen molar-refractivity contribution in [3.63, 3.8) is 0 Å². The normalized spacial score (nSPS) is 15.9. The van der Waals surface area contributed by atoms with E-state index in [1.54, 1.807) is 4.90 Å². The van der Waals surface area contributed by atoms with Crippen LogP contribution in [0.2, 0.25) is 0 Å². The van der Waals surface area contributed by atoms with Crippen LogP contribution in [0, 0.1) is 5.92 Å². The molecule has 0 unspecified atom stereocenters. The molecule has 0 radical (unpaired) electrons. The molecule has 6 nitrogen and oxygen atoms in total. The highest BCUT2D eigenvalue weighted by Crippen LogP contribution is 2.29. The number of ether oxygens (including phenoxy) is 2. The first-order chi connectivity index (χ1) is 11.2. The van der Waals surface area contributed by atoms with E-state index in [0.717, 1.165) is 12.8 Å². The highest BCUT2D eigenvalue weighted by Gasteiger charge is 2.27. The molecule has 1 fully saturated rings. The second-order valence-corrected chi connectivity index (χ2v) is 7.14. The number of esters is 1. The molecule has 0 aromatic rings. The zero-order chi connectivity index (χ0) is 17.7. The van der Waals surface area contributed by atoms with E-state index in [4.69, 9.17) is 9.47 Å². The van der Waals surface area contributed by atoms with E-state index in [9.17, 15) is 9.59 Å². The van der Waals surface area contributed by atoms with Gasteiger partial charge in [0.05, 0.1) is 12.3 Å². The number of carbonyl (C=O) groups excluding carboxylic acids is 2. The third-order valence-corrected chi connectivity index (χ3v) is 3.76. The van der Waals surface area contributed by atoms with Gasteiger partial charge in [0.1, 0.15) is 5.60 Å². The van der Waals surface area contributed by atoms with Crippen molar-refractivity contribution in [3.05, 3.63) is 18.3 Å². The maximum absolute atomic E-state index is 11.8. The lowest BCUT2D eigenvalue weighted by atomic mass is 9.98. The van der Waals surface area contributed by atoms with Gasteiger partial charge >= 0.3 is 12.1 Å². The van der Waals surface area contributed by atoms with E-state index < -0.39 is 5.60 Å². The van der Waals surface area contributed by atoms with Crippen LogP contribution >= 0.6 is 0 Å². The van der Waals surface area contributed by atoms with Crippen LogP contribution in [-0.2, 0) is 14.3 Å². The SMILES string of the molecule is CC(=O)OCC1CCN(C(=O)OC(C)(C)C)CC1.c1cc2cc-2n1. The highest BCUT2D eigenvalue weighted by molar-refractivity contribution is 5.75. The molecule has 0 aromatic carbocycles. The Morgan fingerprint density at radius 3 is 2.33 bits per heavy atom. The van der Waals surface area contributed by atoms with E-state index in [1.165, 1.54) is 18.2 Å². The Bertz CT molecular complexity index is 570. The van der Waals surface area contributed by atoms with Gasteiger partial charge in [-0.2, -0.15) is 0 Å². The minimum atomic E-state index is -0.453. The Kier molecular flexibility index (Phi) is 5.80. The Hall–Kier alpha value is -2.11. The van der Waals surface area contributed by atoms with Crippen molar-refractivity contribution in [2.24, 2.45) is 5.92 Å². The fourth-order valence-electron chi connectivity index (χ4n) is 2.40. The van der Waals surface area contributed by atoms with Crippen LogP contribution in [0.15, 0.2) is 18.3 Å². The van der Waals surface area contributed by atoms with Crippen molar-refractivity contribution in [1.29, 1.82) is 0 Å². The van der Waals surface area contributed by atoms with Gasteiger partial charge in [-0.3, -0.25) is 9.78 Å². The van der Waals surface area contributed by atoms with Crippen molar-refractivity contribution in [2.75, 3.05) is 19.7 Å². The fraction of sp³-hybridized carbons (Fsp3) is 0.611. The molecule has 0 aromatic heterocycles. The van der Waals surface area contributed by atoms with Gasteiger partial charge in [0.15, 0.2) is 0 Å². The van der Waals surface area contributed by atoms with Crippen molar-refractivity contribution >= 4 is 12.1 Å². The Balaban J connectivity index is 0.000000282. The molecule has 0 atom stereocenters. The summed E-state index contributed by atoms with van der Waals surface area (Å²) in [4.78, 5) is 28.2. The first-order valence-electron chi connectivity index (χ1n) is 8.32. The molecule has 1 aliphatic carbocycles. The van der Waals surface area contributed by atoms with Crippen LogP contribution in [0.25, 0.3) is 11.3 Å². The first-order valence-corrected chi connectivity index (χ1v) is 8.32. The number of hydrogen-bond donors (Lipinski definition) is 0. The molecule has 3 aliphatic rings. The lowest BCUT2D eigenvalue weighted by Crippen LogP contribution is -2.42. The number of aromatic nitrogens is 1. The molecule has 132 valence electrons. The minimum Gasteiger partial charge on any atom is -0.466 e. The molecule has 24 heavy (non-hydrogen) atoms. The Morgan fingerprint density at radius 2 is 1.96 bits per heavy atom. The summed E-state index contributed by atoms with van der Waals surface area (Å²) < 4.78 is 10.3. The average Bonchev–Trinajstić information content (AvgIpc) is 3.10. The second-order valence-electron chi connectivity index (χ2n) is 7.14. The molecule has 1 amide bonds. The molecule has 3 rings (SSSR count). The minimum absolute atomic E-state index is 0.246. The van der Waals surface area contributed by atoms with Gasteiger partial charge in [0.2, 0.25) is 0 Å². The molecule has 0 saturated carbocycles. The van der Waals surface area contributed by atoms with Crippen molar-refractivity contribution in [3.8, 4) is 11.3 Å². The summed E-state index contributed by atoms with van der Waals surface area (Å²) in [6, 6.07) is 4.06. The Morgan fingerprint density at radius 1 is 1.29 bits per heavy atom. The molecule has 6 heteroatoms. The highest BCUT2D eigenvalue weighted by atomic mass is 16.6. The number of rotatable bonds is 2. The van der Waals surface area contributed by atoms with E-state index in [-0.39, 0.29) is 12.1 Å². The average molecular weight is 334 g/mol. The van der Waals surface area contributed by atoms with Gasteiger partial charge in [-0.05, 0) is 51.7 Å². The molecular formula is C18H26N2O4. The van der Waals surface area contributed by atoms with Crippen molar-refractivity contribution < 1.29 is 19.1 Å². The quantitative estimate of drug-likeness (QED) is 0.789. The smallest absolute Gasteiger partial charge is 0.410 e. The lowest BCUT2D eigenvalue weighted by Gasteiger charge is -2.33. The van der Waals surface area contributed by atoms with E-state index >= 15 is 0 Å². The summed E-state index contributed by atoms with van der Waals surface area (Å²) in [7, 11) is 0. The van der Waals surface area contributed by atoms with Crippen LogP contribution in [-0.4, -0.2) is 47.2 Å². The number of pyridine rings is 1. The van der Waals surface area contributed by atoms with E-state index in [2.05, 4.69) is 11.1 Å². The lowest BCUT2D eigenvalue weighted by molar-refractivity contribution is -0.142. The Labute approximate surface area is 143 Å². The maximum atomic E-state index is 11.8. The molecule has 1 saturated heterocycles. The van der Waals surface area contributed by atoms with Crippen molar-refractivity contribution in [2.45, 2.75) is 46.1 Å².